The summed E-state index contributed by atoms with van der Waals surface area (Å²) in [5.74, 6) is 1.16. The number of methoxy groups -OCH3 is 2. The molecule has 2 aromatic carbocycles. The molecule has 2 aromatic rings. The van der Waals surface area contributed by atoms with E-state index in [4.69, 9.17) is 9.47 Å². The fourth-order valence-corrected chi connectivity index (χ4v) is 3.82. The van der Waals surface area contributed by atoms with E-state index in [1.807, 2.05) is 18.3 Å². The van der Waals surface area contributed by atoms with Crippen LogP contribution in [-0.2, 0) is 6.42 Å². The van der Waals surface area contributed by atoms with Gasteiger partial charge in [-0.3, -0.25) is 9.89 Å². The first-order valence-corrected chi connectivity index (χ1v) is 8.88. The van der Waals surface area contributed by atoms with Crippen molar-refractivity contribution < 1.29 is 19.7 Å². The number of aromatic hydroxyl groups is 2. The Kier molecular flexibility index (Phi) is 4.31. The molecule has 2 aliphatic rings. The average molecular weight is 369 g/mol. The standard InChI is InChI=1S/C20H23N3O4/c1-11-14-8-17(25)16(24)6-12(14)4-5-23(11)20-21-10-13-7-18(26-2)19(27-3)9-15(13)22-20/h6-11,20,22,24-25H,4-5H2,1-3H3. The molecule has 7 nitrogen and oxygen atoms in total. The fraction of sp³-hybridized carbons (Fsp3) is 0.350. The molecule has 0 saturated heterocycles. The number of anilines is 1. The molecule has 0 amide bonds. The van der Waals surface area contributed by atoms with E-state index in [2.05, 4.69) is 22.1 Å². The largest absolute Gasteiger partial charge is 0.504 e. The summed E-state index contributed by atoms with van der Waals surface area (Å²) >= 11 is 0. The second-order valence-corrected chi connectivity index (χ2v) is 6.79. The third-order valence-corrected chi connectivity index (χ3v) is 5.33. The van der Waals surface area contributed by atoms with Gasteiger partial charge in [0.15, 0.2) is 29.3 Å². The molecule has 2 atom stereocenters. The van der Waals surface area contributed by atoms with E-state index in [0.717, 1.165) is 35.3 Å². The summed E-state index contributed by atoms with van der Waals surface area (Å²) < 4.78 is 10.8. The van der Waals surface area contributed by atoms with Gasteiger partial charge in [0.05, 0.1) is 14.2 Å². The molecule has 0 saturated carbocycles. The smallest absolute Gasteiger partial charge is 0.176 e. The minimum Gasteiger partial charge on any atom is -0.504 e. The maximum absolute atomic E-state index is 9.89. The van der Waals surface area contributed by atoms with Crippen LogP contribution in [0.5, 0.6) is 23.0 Å². The van der Waals surface area contributed by atoms with Gasteiger partial charge in [0, 0.05) is 36.1 Å². The van der Waals surface area contributed by atoms with Crippen molar-refractivity contribution in [3.8, 4) is 23.0 Å². The van der Waals surface area contributed by atoms with Crippen LogP contribution in [0.2, 0.25) is 0 Å². The lowest BCUT2D eigenvalue weighted by molar-refractivity contribution is 0.153. The Hall–Kier alpha value is -2.93. The van der Waals surface area contributed by atoms with Crippen LogP contribution < -0.4 is 14.8 Å². The first-order valence-electron chi connectivity index (χ1n) is 8.88. The lowest BCUT2D eigenvalue weighted by atomic mass is 9.93. The molecule has 27 heavy (non-hydrogen) atoms. The van der Waals surface area contributed by atoms with E-state index in [1.54, 1.807) is 26.4 Å². The van der Waals surface area contributed by atoms with Gasteiger partial charge >= 0.3 is 0 Å². The number of phenols is 2. The molecule has 7 heteroatoms. The fourth-order valence-electron chi connectivity index (χ4n) is 3.82. The molecule has 0 aromatic heterocycles. The molecular formula is C20H23N3O4. The number of fused-ring (bicyclic) bond motifs is 2. The van der Waals surface area contributed by atoms with Crippen LogP contribution in [0.3, 0.4) is 0 Å². The Morgan fingerprint density at radius 1 is 1.07 bits per heavy atom. The summed E-state index contributed by atoms with van der Waals surface area (Å²) in [7, 11) is 3.23. The molecular weight excluding hydrogens is 346 g/mol. The molecule has 2 aliphatic heterocycles. The Balaban J connectivity index is 1.62. The zero-order valence-corrected chi connectivity index (χ0v) is 15.6. The maximum atomic E-state index is 9.89. The van der Waals surface area contributed by atoms with Crippen molar-refractivity contribution in [1.29, 1.82) is 0 Å². The SMILES string of the molecule is COc1cc2c(cc1OC)NC(N1CCc3cc(O)c(O)cc3C1C)N=C2. The van der Waals surface area contributed by atoms with E-state index >= 15 is 0 Å². The highest BCUT2D eigenvalue weighted by molar-refractivity contribution is 5.91. The van der Waals surface area contributed by atoms with Crippen LogP contribution in [0.4, 0.5) is 5.69 Å². The first kappa shape index (κ1) is 17.5. The summed E-state index contributed by atoms with van der Waals surface area (Å²) in [6, 6.07) is 7.16. The Morgan fingerprint density at radius 2 is 1.78 bits per heavy atom. The van der Waals surface area contributed by atoms with Gasteiger partial charge in [-0.2, -0.15) is 0 Å². The molecule has 2 unspecified atom stereocenters. The number of hydrogen-bond donors (Lipinski definition) is 3. The summed E-state index contributed by atoms with van der Waals surface area (Å²) in [6.07, 6.45) is 2.39. The predicted octanol–water partition coefficient (Wildman–Crippen LogP) is 2.86. The Bertz CT molecular complexity index is 913. The topological polar surface area (TPSA) is 86.6 Å². The van der Waals surface area contributed by atoms with E-state index < -0.39 is 0 Å². The Morgan fingerprint density at radius 3 is 2.52 bits per heavy atom. The lowest BCUT2D eigenvalue weighted by Gasteiger charge is -2.40. The van der Waals surface area contributed by atoms with Crippen LogP contribution in [0.15, 0.2) is 29.3 Å². The van der Waals surface area contributed by atoms with Crippen molar-refractivity contribution in [2.45, 2.75) is 25.7 Å². The van der Waals surface area contributed by atoms with Crippen LogP contribution in [0.1, 0.15) is 29.7 Å². The number of nitrogens with one attached hydrogen (secondary N) is 1. The number of rotatable bonds is 3. The van der Waals surface area contributed by atoms with Gasteiger partial charge < -0.3 is 25.0 Å². The van der Waals surface area contributed by atoms with Crippen LogP contribution in [-0.4, -0.2) is 48.4 Å². The summed E-state index contributed by atoms with van der Waals surface area (Å²) in [4.78, 5) is 6.90. The predicted molar refractivity (Wildman–Crippen MR) is 103 cm³/mol. The third kappa shape index (κ3) is 2.94. The number of hydrogen-bond acceptors (Lipinski definition) is 7. The number of nitrogens with zero attached hydrogens (tertiary/aromatic N) is 2. The van der Waals surface area contributed by atoms with Gasteiger partial charge in [0.2, 0.25) is 0 Å². The molecule has 4 rings (SSSR count). The summed E-state index contributed by atoms with van der Waals surface area (Å²) in [5, 5.41) is 23.1. The normalized spacial score (nSPS) is 21.1. The van der Waals surface area contributed by atoms with Crippen molar-refractivity contribution in [2.75, 3.05) is 26.1 Å². The van der Waals surface area contributed by atoms with Crippen molar-refractivity contribution in [3.63, 3.8) is 0 Å². The van der Waals surface area contributed by atoms with E-state index in [1.165, 1.54) is 0 Å². The maximum Gasteiger partial charge on any atom is 0.176 e. The highest BCUT2D eigenvalue weighted by Gasteiger charge is 2.31. The van der Waals surface area contributed by atoms with E-state index in [9.17, 15) is 10.2 Å². The van der Waals surface area contributed by atoms with Gasteiger partial charge in [0.25, 0.3) is 0 Å². The van der Waals surface area contributed by atoms with Gasteiger partial charge in [-0.25, -0.2) is 0 Å². The van der Waals surface area contributed by atoms with Gasteiger partial charge in [-0.1, -0.05) is 0 Å². The highest BCUT2D eigenvalue weighted by Crippen LogP contribution is 2.39. The number of aliphatic imine (C=N–C) groups is 1. The zero-order chi connectivity index (χ0) is 19.1. The molecule has 0 spiro atoms. The minimum atomic E-state index is -0.227. The van der Waals surface area contributed by atoms with Crippen molar-refractivity contribution >= 4 is 11.9 Å². The van der Waals surface area contributed by atoms with E-state index in [0.29, 0.717) is 11.5 Å². The minimum absolute atomic E-state index is 0.0385. The monoisotopic (exact) mass is 369 g/mol. The third-order valence-electron chi connectivity index (χ3n) is 5.33. The molecule has 3 N–H and O–H groups in total. The van der Waals surface area contributed by atoms with Crippen LogP contribution >= 0.6 is 0 Å². The number of ether oxygens (including phenoxy) is 2. The molecule has 0 fully saturated rings. The molecule has 0 aliphatic carbocycles. The molecule has 2 heterocycles. The van der Waals surface area contributed by atoms with Crippen molar-refractivity contribution in [2.24, 2.45) is 4.99 Å². The van der Waals surface area contributed by atoms with Crippen molar-refractivity contribution in [3.05, 3.63) is 41.0 Å². The average Bonchev–Trinajstić information content (AvgIpc) is 2.68. The molecule has 0 radical (unpaired) electrons. The summed E-state index contributed by atoms with van der Waals surface area (Å²) in [6.45, 7) is 2.87. The number of phenolic OH excluding ortho intramolecular Hbond substituents is 2. The molecule has 0 bridgehead atoms. The second kappa shape index (κ2) is 6.66. The molecule has 142 valence electrons. The summed E-state index contributed by atoms with van der Waals surface area (Å²) in [5.41, 5.74) is 3.93. The van der Waals surface area contributed by atoms with Crippen molar-refractivity contribution in [1.82, 2.24) is 4.90 Å². The van der Waals surface area contributed by atoms with Gasteiger partial charge in [-0.05, 0) is 42.7 Å². The van der Waals surface area contributed by atoms with Gasteiger partial charge in [-0.15, -0.1) is 0 Å². The van der Waals surface area contributed by atoms with Crippen LogP contribution in [0.25, 0.3) is 0 Å². The van der Waals surface area contributed by atoms with E-state index in [-0.39, 0.29) is 23.8 Å². The zero-order valence-electron chi connectivity index (χ0n) is 15.6. The lowest BCUT2D eigenvalue weighted by Crippen LogP contribution is -2.46. The second-order valence-electron chi connectivity index (χ2n) is 6.79. The quantitative estimate of drug-likeness (QED) is 0.722. The highest BCUT2D eigenvalue weighted by atomic mass is 16.5. The van der Waals surface area contributed by atoms with Gasteiger partial charge in [0.1, 0.15) is 0 Å². The first-order chi connectivity index (χ1) is 13.0. The van der Waals surface area contributed by atoms with Crippen LogP contribution in [0, 0.1) is 0 Å². The number of benzene rings is 2. The Labute approximate surface area is 157 Å².